The molecule has 0 amide bonds. The van der Waals surface area contributed by atoms with E-state index < -0.39 is 9.84 Å². The summed E-state index contributed by atoms with van der Waals surface area (Å²) in [6.07, 6.45) is 3.53. The molecule has 1 aromatic rings. The Morgan fingerprint density at radius 2 is 2.19 bits per heavy atom. The molecule has 1 fully saturated rings. The van der Waals surface area contributed by atoms with Crippen LogP contribution in [0.15, 0.2) is 16.7 Å². The van der Waals surface area contributed by atoms with E-state index in [1.54, 1.807) is 6.20 Å². The van der Waals surface area contributed by atoms with Crippen LogP contribution < -0.4 is 10.2 Å². The van der Waals surface area contributed by atoms with Crippen molar-refractivity contribution in [3.63, 3.8) is 0 Å². The van der Waals surface area contributed by atoms with Crippen LogP contribution in [0.2, 0.25) is 0 Å². The Balaban J connectivity index is 2.17. The minimum atomic E-state index is -2.90. The predicted molar refractivity (Wildman–Crippen MR) is 89.4 cm³/mol. The topological polar surface area (TPSA) is 62.3 Å². The van der Waals surface area contributed by atoms with Crippen molar-refractivity contribution in [2.24, 2.45) is 0 Å². The van der Waals surface area contributed by atoms with Crippen LogP contribution in [0.3, 0.4) is 0 Å². The number of hydrogen-bond donors (Lipinski definition) is 1. The smallest absolute Gasteiger partial charge is 0.152 e. The first-order valence-corrected chi connectivity index (χ1v) is 9.94. The monoisotopic (exact) mass is 375 g/mol. The van der Waals surface area contributed by atoms with Crippen molar-refractivity contribution in [1.82, 2.24) is 10.3 Å². The third-order valence-corrected chi connectivity index (χ3v) is 5.66. The van der Waals surface area contributed by atoms with Crippen molar-refractivity contribution in [3.05, 3.63) is 22.3 Å². The van der Waals surface area contributed by atoms with E-state index in [0.29, 0.717) is 13.0 Å². The first-order valence-electron chi connectivity index (χ1n) is 7.32. The number of anilines is 1. The standard InChI is InChI=1S/C14H22BrN3O2S/c1-2-4-16-10-12-9-13(15)11-17-14(12)18-5-3-7-21(19,20)8-6-18/h9,11,16H,2-8,10H2,1H3. The Morgan fingerprint density at radius 3 is 2.95 bits per heavy atom. The molecule has 21 heavy (non-hydrogen) atoms. The van der Waals surface area contributed by atoms with Gasteiger partial charge >= 0.3 is 0 Å². The number of pyridine rings is 1. The fourth-order valence-corrected chi connectivity index (χ4v) is 4.09. The second-order valence-electron chi connectivity index (χ2n) is 5.31. The Hall–Kier alpha value is -0.660. The Morgan fingerprint density at radius 1 is 1.38 bits per heavy atom. The number of hydrogen-bond acceptors (Lipinski definition) is 5. The highest BCUT2D eigenvalue weighted by Crippen LogP contribution is 2.23. The lowest BCUT2D eigenvalue weighted by Crippen LogP contribution is -2.29. The molecule has 0 aliphatic carbocycles. The molecule has 1 aromatic heterocycles. The zero-order valence-corrected chi connectivity index (χ0v) is 14.7. The second-order valence-corrected chi connectivity index (χ2v) is 8.52. The summed E-state index contributed by atoms with van der Waals surface area (Å²) >= 11 is 3.46. The van der Waals surface area contributed by atoms with Gasteiger partial charge in [-0.2, -0.15) is 0 Å². The van der Waals surface area contributed by atoms with E-state index >= 15 is 0 Å². The maximum Gasteiger partial charge on any atom is 0.152 e. The van der Waals surface area contributed by atoms with Crippen LogP contribution in [0.5, 0.6) is 0 Å². The zero-order valence-electron chi connectivity index (χ0n) is 12.3. The Kier molecular flexibility index (Phi) is 6.01. The molecular formula is C14H22BrN3O2S. The van der Waals surface area contributed by atoms with Gasteiger partial charge in [-0.3, -0.25) is 0 Å². The van der Waals surface area contributed by atoms with Crippen LogP contribution in [0.25, 0.3) is 0 Å². The lowest BCUT2D eigenvalue weighted by Gasteiger charge is -2.24. The fourth-order valence-electron chi connectivity index (χ4n) is 2.44. The molecule has 0 unspecified atom stereocenters. The van der Waals surface area contributed by atoms with Crippen molar-refractivity contribution in [2.75, 3.05) is 36.0 Å². The SMILES string of the molecule is CCCNCc1cc(Br)cnc1N1CCCS(=O)(=O)CC1. The minimum absolute atomic E-state index is 0.215. The number of aromatic nitrogens is 1. The van der Waals surface area contributed by atoms with Gasteiger partial charge in [0.15, 0.2) is 9.84 Å². The van der Waals surface area contributed by atoms with E-state index in [-0.39, 0.29) is 11.5 Å². The minimum Gasteiger partial charge on any atom is -0.355 e. The van der Waals surface area contributed by atoms with E-state index in [1.165, 1.54) is 0 Å². The largest absolute Gasteiger partial charge is 0.355 e. The number of nitrogens with one attached hydrogen (secondary N) is 1. The molecule has 118 valence electrons. The van der Waals surface area contributed by atoms with Crippen LogP contribution in [-0.4, -0.2) is 44.5 Å². The lowest BCUT2D eigenvalue weighted by molar-refractivity contribution is 0.597. The van der Waals surface area contributed by atoms with Gasteiger partial charge in [-0.1, -0.05) is 6.92 Å². The van der Waals surface area contributed by atoms with E-state index in [0.717, 1.165) is 41.9 Å². The van der Waals surface area contributed by atoms with E-state index in [2.05, 4.69) is 44.1 Å². The fraction of sp³-hybridized carbons (Fsp3) is 0.643. The molecule has 0 spiro atoms. The Labute approximate surface area is 135 Å². The summed E-state index contributed by atoms with van der Waals surface area (Å²) in [5, 5.41) is 3.38. The van der Waals surface area contributed by atoms with Crippen molar-refractivity contribution in [1.29, 1.82) is 0 Å². The van der Waals surface area contributed by atoms with Crippen LogP contribution >= 0.6 is 15.9 Å². The third-order valence-electron chi connectivity index (χ3n) is 3.51. The van der Waals surface area contributed by atoms with Gasteiger partial charge in [-0.15, -0.1) is 0 Å². The predicted octanol–water partition coefficient (Wildman–Crippen LogP) is 1.97. The van der Waals surface area contributed by atoms with Crippen molar-refractivity contribution < 1.29 is 8.42 Å². The first-order chi connectivity index (χ1) is 10.0. The van der Waals surface area contributed by atoms with Crippen molar-refractivity contribution in [3.8, 4) is 0 Å². The summed E-state index contributed by atoms with van der Waals surface area (Å²) in [6.45, 7) is 5.11. The normalized spacial score (nSPS) is 18.5. The number of sulfone groups is 1. The van der Waals surface area contributed by atoms with Gasteiger partial charge < -0.3 is 10.2 Å². The molecule has 1 N–H and O–H groups in total. The summed E-state index contributed by atoms with van der Waals surface area (Å²) in [6, 6.07) is 2.06. The number of halogens is 1. The third kappa shape index (κ3) is 4.93. The average Bonchev–Trinajstić information content (AvgIpc) is 2.60. The highest BCUT2D eigenvalue weighted by Gasteiger charge is 2.21. The molecule has 0 atom stereocenters. The van der Waals surface area contributed by atoms with E-state index in [1.807, 2.05) is 0 Å². The highest BCUT2D eigenvalue weighted by atomic mass is 79.9. The molecule has 0 bridgehead atoms. The molecule has 0 aromatic carbocycles. The van der Waals surface area contributed by atoms with Gasteiger partial charge in [0, 0.05) is 35.9 Å². The molecule has 0 radical (unpaired) electrons. The molecule has 7 heteroatoms. The summed E-state index contributed by atoms with van der Waals surface area (Å²) in [5.41, 5.74) is 1.11. The van der Waals surface area contributed by atoms with Gasteiger partial charge in [0.05, 0.1) is 11.5 Å². The average molecular weight is 376 g/mol. The summed E-state index contributed by atoms with van der Waals surface area (Å²) < 4.78 is 24.4. The van der Waals surface area contributed by atoms with Crippen molar-refractivity contribution >= 4 is 31.6 Å². The summed E-state index contributed by atoms with van der Waals surface area (Å²) in [7, 11) is -2.90. The first kappa shape index (κ1) is 16.7. The van der Waals surface area contributed by atoms with Gasteiger partial charge in [0.2, 0.25) is 0 Å². The summed E-state index contributed by atoms with van der Waals surface area (Å²) in [4.78, 5) is 6.61. The maximum absolute atomic E-state index is 11.7. The van der Waals surface area contributed by atoms with Gasteiger partial charge in [-0.25, -0.2) is 13.4 Å². The molecule has 1 aliphatic rings. The molecule has 1 saturated heterocycles. The van der Waals surface area contributed by atoms with Crippen LogP contribution in [0, 0.1) is 0 Å². The van der Waals surface area contributed by atoms with Crippen LogP contribution in [0.4, 0.5) is 5.82 Å². The van der Waals surface area contributed by atoms with E-state index in [9.17, 15) is 8.42 Å². The molecule has 2 heterocycles. The second kappa shape index (κ2) is 7.56. The maximum atomic E-state index is 11.7. The molecule has 5 nitrogen and oxygen atoms in total. The zero-order chi connectivity index (χ0) is 15.3. The molecular weight excluding hydrogens is 354 g/mol. The van der Waals surface area contributed by atoms with Gasteiger partial charge in [0.1, 0.15) is 5.82 Å². The quantitative estimate of drug-likeness (QED) is 0.797. The van der Waals surface area contributed by atoms with E-state index in [4.69, 9.17) is 0 Å². The molecule has 1 aliphatic heterocycles. The van der Waals surface area contributed by atoms with Crippen molar-refractivity contribution in [2.45, 2.75) is 26.3 Å². The van der Waals surface area contributed by atoms with Gasteiger partial charge in [0.25, 0.3) is 0 Å². The Bertz CT molecular complexity index is 578. The highest BCUT2D eigenvalue weighted by molar-refractivity contribution is 9.10. The molecule has 2 rings (SSSR count). The van der Waals surface area contributed by atoms with Crippen LogP contribution in [0.1, 0.15) is 25.3 Å². The lowest BCUT2D eigenvalue weighted by atomic mass is 10.2. The van der Waals surface area contributed by atoms with Gasteiger partial charge in [-0.05, 0) is 41.4 Å². The van der Waals surface area contributed by atoms with Crippen LogP contribution in [-0.2, 0) is 16.4 Å². The molecule has 0 saturated carbocycles. The number of rotatable bonds is 5. The summed E-state index contributed by atoms with van der Waals surface area (Å²) in [5.74, 6) is 1.40. The number of nitrogens with zero attached hydrogens (tertiary/aromatic N) is 2.